The third-order valence-electron chi connectivity index (χ3n) is 1.19. The summed E-state index contributed by atoms with van der Waals surface area (Å²) in [6.45, 7) is 1.68. The van der Waals surface area contributed by atoms with Crippen LogP contribution in [0.4, 0.5) is 0 Å². The normalized spacial score (nSPS) is 11.2. The highest BCUT2D eigenvalue weighted by Gasteiger charge is 2.09. The largest absolute Gasteiger partial charge is 0.373 e. The summed E-state index contributed by atoms with van der Waals surface area (Å²) in [4.78, 5) is 0. The first-order chi connectivity index (χ1) is 4.70. The number of hydrogen-bond donors (Lipinski definition) is 0. The molecule has 0 aromatic heterocycles. The monoisotopic (exact) mass is 173 g/mol. The summed E-state index contributed by atoms with van der Waals surface area (Å²) in [5.41, 5.74) is 0. The molecule has 1 aromatic carbocycles. The Bertz CT molecular complexity index is 242. The van der Waals surface area contributed by atoms with E-state index in [1.807, 2.05) is 0 Å². The minimum absolute atomic E-state index is 0.681. The molecule has 0 saturated carbocycles. The zero-order valence-corrected chi connectivity index (χ0v) is 7.19. The smallest absolute Gasteiger partial charge is 0.0843 e. The molecular formula is C7H7ClOP+. The zero-order valence-electron chi connectivity index (χ0n) is 5.54. The molecule has 1 atom stereocenters. The summed E-state index contributed by atoms with van der Waals surface area (Å²) in [5.74, 6) is 0. The Balaban J connectivity index is 3.00. The molecule has 0 aliphatic carbocycles. The predicted octanol–water partition coefficient (Wildman–Crippen LogP) is 2.42. The SMILES string of the molecule is C[P+](=O)c1ccc(Cl)cc1. The average Bonchev–Trinajstić information content (AvgIpc) is 1.88. The molecule has 0 bridgehead atoms. The van der Waals surface area contributed by atoms with Crippen LogP contribution < -0.4 is 5.30 Å². The Morgan fingerprint density at radius 1 is 1.30 bits per heavy atom. The Morgan fingerprint density at radius 3 is 2.20 bits per heavy atom. The lowest BCUT2D eigenvalue weighted by Crippen LogP contribution is -1.91. The van der Waals surface area contributed by atoms with Crippen molar-refractivity contribution < 1.29 is 4.57 Å². The summed E-state index contributed by atoms with van der Waals surface area (Å²) < 4.78 is 10.9. The minimum atomic E-state index is -1.22. The number of hydrogen-bond acceptors (Lipinski definition) is 1. The molecule has 1 rings (SSSR count). The van der Waals surface area contributed by atoms with Gasteiger partial charge in [-0.25, -0.2) is 0 Å². The molecule has 0 amide bonds. The van der Waals surface area contributed by atoms with Crippen molar-refractivity contribution in [2.75, 3.05) is 6.66 Å². The lowest BCUT2D eigenvalue weighted by molar-refractivity contribution is 0.596. The third kappa shape index (κ3) is 1.80. The van der Waals surface area contributed by atoms with Crippen molar-refractivity contribution >= 4 is 24.7 Å². The van der Waals surface area contributed by atoms with E-state index in [0.29, 0.717) is 5.02 Å². The van der Waals surface area contributed by atoms with Crippen LogP contribution in [0.5, 0.6) is 0 Å². The van der Waals surface area contributed by atoms with E-state index in [4.69, 9.17) is 11.6 Å². The fourth-order valence-corrected chi connectivity index (χ4v) is 1.35. The lowest BCUT2D eigenvalue weighted by Gasteiger charge is -1.84. The van der Waals surface area contributed by atoms with E-state index < -0.39 is 7.80 Å². The van der Waals surface area contributed by atoms with Crippen LogP contribution in [0.2, 0.25) is 5.02 Å². The Labute approximate surface area is 65.8 Å². The maximum absolute atomic E-state index is 10.9. The highest BCUT2D eigenvalue weighted by atomic mass is 35.5. The van der Waals surface area contributed by atoms with E-state index >= 15 is 0 Å². The van der Waals surface area contributed by atoms with Crippen LogP contribution in [-0.4, -0.2) is 6.66 Å². The topological polar surface area (TPSA) is 17.1 Å². The Morgan fingerprint density at radius 2 is 1.80 bits per heavy atom. The van der Waals surface area contributed by atoms with Gasteiger partial charge in [0.2, 0.25) is 0 Å². The van der Waals surface area contributed by atoms with Crippen LogP contribution in [0.1, 0.15) is 0 Å². The van der Waals surface area contributed by atoms with Crippen LogP contribution in [0.15, 0.2) is 24.3 Å². The molecule has 0 fully saturated rings. The van der Waals surface area contributed by atoms with Gasteiger partial charge in [0.05, 0.1) is 0 Å². The zero-order chi connectivity index (χ0) is 7.56. The lowest BCUT2D eigenvalue weighted by atomic mass is 10.4. The van der Waals surface area contributed by atoms with E-state index in [0.717, 1.165) is 5.30 Å². The number of benzene rings is 1. The van der Waals surface area contributed by atoms with Crippen LogP contribution in [-0.2, 0) is 4.57 Å². The predicted molar refractivity (Wildman–Crippen MR) is 44.6 cm³/mol. The maximum Gasteiger partial charge on any atom is 0.373 e. The van der Waals surface area contributed by atoms with Gasteiger partial charge in [0, 0.05) is 5.02 Å². The molecule has 0 aliphatic rings. The van der Waals surface area contributed by atoms with Crippen molar-refractivity contribution in [3.63, 3.8) is 0 Å². The summed E-state index contributed by atoms with van der Waals surface area (Å²) >= 11 is 5.62. The highest BCUT2D eigenvalue weighted by Crippen LogP contribution is 2.14. The fraction of sp³-hybridized carbons (Fsp3) is 0.143. The molecule has 10 heavy (non-hydrogen) atoms. The average molecular weight is 174 g/mol. The van der Waals surface area contributed by atoms with Crippen molar-refractivity contribution in [3.8, 4) is 0 Å². The second-order valence-electron chi connectivity index (χ2n) is 1.97. The Hall–Kier alpha value is -0.390. The summed E-state index contributed by atoms with van der Waals surface area (Å²) in [5, 5.41) is 1.53. The van der Waals surface area contributed by atoms with Gasteiger partial charge in [0.15, 0.2) is 5.30 Å². The molecule has 0 heterocycles. The molecule has 3 heteroatoms. The van der Waals surface area contributed by atoms with Gasteiger partial charge >= 0.3 is 7.80 Å². The first kappa shape index (κ1) is 7.71. The molecular weight excluding hydrogens is 167 g/mol. The van der Waals surface area contributed by atoms with E-state index in [1.54, 1.807) is 30.9 Å². The van der Waals surface area contributed by atoms with Crippen molar-refractivity contribution in [2.45, 2.75) is 0 Å². The van der Waals surface area contributed by atoms with Gasteiger partial charge in [-0.05, 0) is 24.3 Å². The molecule has 1 aromatic rings. The maximum atomic E-state index is 10.9. The van der Waals surface area contributed by atoms with Gasteiger partial charge in [-0.2, -0.15) is 0 Å². The molecule has 1 nitrogen and oxygen atoms in total. The number of rotatable bonds is 1. The van der Waals surface area contributed by atoms with Crippen molar-refractivity contribution in [3.05, 3.63) is 29.3 Å². The van der Waals surface area contributed by atoms with Gasteiger partial charge in [-0.3, -0.25) is 0 Å². The van der Waals surface area contributed by atoms with Crippen molar-refractivity contribution in [2.24, 2.45) is 0 Å². The highest BCUT2D eigenvalue weighted by molar-refractivity contribution is 7.52. The molecule has 0 spiro atoms. The first-order valence-electron chi connectivity index (χ1n) is 2.86. The Kier molecular flexibility index (Phi) is 2.42. The van der Waals surface area contributed by atoms with Crippen LogP contribution in [0.25, 0.3) is 0 Å². The van der Waals surface area contributed by atoms with E-state index in [9.17, 15) is 4.57 Å². The van der Waals surface area contributed by atoms with Gasteiger partial charge in [0.25, 0.3) is 0 Å². The van der Waals surface area contributed by atoms with E-state index in [1.165, 1.54) is 0 Å². The molecule has 0 radical (unpaired) electrons. The summed E-state index contributed by atoms with van der Waals surface area (Å²) in [6, 6.07) is 7.04. The van der Waals surface area contributed by atoms with E-state index in [2.05, 4.69) is 0 Å². The second kappa shape index (κ2) is 3.14. The standard InChI is InChI=1S/C7H7ClOP/c1-10(9)7-4-2-6(8)3-5-7/h2-5H,1H3/q+1. The quantitative estimate of drug-likeness (QED) is 0.596. The summed E-state index contributed by atoms with van der Waals surface area (Å²) in [6.07, 6.45) is 0. The van der Waals surface area contributed by atoms with Gasteiger partial charge in [-0.15, -0.1) is 0 Å². The molecule has 52 valence electrons. The van der Waals surface area contributed by atoms with Crippen molar-refractivity contribution in [1.82, 2.24) is 0 Å². The van der Waals surface area contributed by atoms with Gasteiger partial charge in [0.1, 0.15) is 6.66 Å². The van der Waals surface area contributed by atoms with Crippen molar-refractivity contribution in [1.29, 1.82) is 0 Å². The van der Waals surface area contributed by atoms with Crippen LogP contribution >= 0.6 is 19.4 Å². The van der Waals surface area contributed by atoms with Crippen LogP contribution in [0, 0.1) is 0 Å². The molecule has 1 unspecified atom stereocenters. The molecule has 0 N–H and O–H groups in total. The minimum Gasteiger partial charge on any atom is -0.0843 e. The van der Waals surface area contributed by atoms with Crippen LogP contribution in [0.3, 0.4) is 0 Å². The summed E-state index contributed by atoms with van der Waals surface area (Å²) in [7, 11) is -1.22. The van der Waals surface area contributed by atoms with Gasteiger partial charge < -0.3 is 0 Å². The fourth-order valence-electron chi connectivity index (χ4n) is 0.651. The molecule has 0 aliphatic heterocycles. The van der Waals surface area contributed by atoms with Gasteiger partial charge in [-0.1, -0.05) is 16.2 Å². The van der Waals surface area contributed by atoms with E-state index in [-0.39, 0.29) is 0 Å². The second-order valence-corrected chi connectivity index (χ2v) is 3.92. The number of halogens is 1. The molecule has 0 saturated heterocycles. The third-order valence-corrected chi connectivity index (χ3v) is 2.47. The first-order valence-corrected chi connectivity index (χ1v) is 4.95.